The van der Waals surface area contributed by atoms with E-state index in [0.29, 0.717) is 12.2 Å². The molecule has 1 unspecified atom stereocenters. The standard InChI is InChI=1S/C19H28FN3O/c1-4-21-19(22-10-7-16-8-11-24-12-9-16)23-15(3)17-6-5-14(2)18(20)13-17/h5-6,8,13,15H,4,7,9-12H2,1-3H3,(H2,21,22,23). The molecule has 1 heterocycles. The largest absolute Gasteiger partial charge is 0.377 e. The monoisotopic (exact) mass is 333 g/mol. The van der Waals surface area contributed by atoms with E-state index in [4.69, 9.17) is 4.74 Å². The van der Waals surface area contributed by atoms with Crippen LogP contribution in [0.3, 0.4) is 0 Å². The Hall–Kier alpha value is -1.88. The highest BCUT2D eigenvalue weighted by Gasteiger charge is 2.10. The number of hydrogen-bond donors (Lipinski definition) is 2. The Balaban J connectivity index is 1.94. The summed E-state index contributed by atoms with van der Waals surface area (Å²) in [6.45, 7) is 8.87. The van der Waals surface area contributed by atoms with Crippen molar-refractivity contribution >= 4 is 5.96 Å². The quantitative estimate of drug-likeness (QED) is 0.476. The van der Waals surface area contributed by atoms with Crippen LogP contribution in [0.25, 0.3) is 0 Å². The van der Waals surface area contributed by atoms with Gasteiger partial charge in [0.1, 0.15) is 5.82 Å². The summed E-state index contributed by atoms with van der Waals surface area (Å²) in [7, 11) is 0. The van der Waals surface area contributed by atoms with Gasteiger partial charge in [0, 0.05) is 13.1 Å². The van der Waals surface area contributed by atoms with Crippen molar-refractivity contribution in [1.29, 1.82) is 0 Å². The van der Waals surface area contributed by atoms with Crippen molar-refractivity contribution in [2.45, 2.75) is 39.7 Å². The normalized spacial score (nSPS) is 16.5. The van der Waals surface area contributed by atoms with Gasteiger partial charge in [0.15, 0.2) is 5.96 Å². The highest BCUT2D eigenvalue weighted by Crippen LogP contribution is 2.16. The van der Waals surface area contributed by atoms with Crippen molar-refractivity contribution < 1.29 is 9.13 Å². The lowest BCUT2D eigenvalue weighted by Gasteiger charge is -2.19. The van der Waals surface area contributed by atoms with E-state index in [9.17, 15) is 4.39 Å². The van der Waals surface area contributed by atoms with E-state index in [0.717, 1.165) is 44.1 Å². The van der Waals surface area contributed by atoms with Gasteiger partial charge in [-0.3, -0.25) is 4.99 Å². The molecule has 0 saturated carbocycles. The van der Waals surface area contributed by atoms with E-state index in [1.54, 1.807) is 13.0 Å². The lowest BCUT2D eigenvalue weighted by molar-refractivity contribution is 0.153. The van der Waals surface area contributed by atoms with Gasteiger partial charge in [-0.2, -0.15) is 0 Å². The molecular formula is C19H28FN3O. The Kier molecular flexibility index (Phi) is 7.25. The van der Waals surface area contributed by atoms with Gasteiger partial charge >= 0.3 is 0 Å². The average molecular weight is 333 g/mol. The third-order valence-corrected chi connectivity index (χ3v) is 4.15. The molecule has 1 aromatic rings. The molecule has 0 radical (unpaired) electrons. The molecule has 2 N–H and O–H groups in total. The van der Waals surface area contributed by atoms with E-state index in [1.165, 1.54) is 5.57 Å². The smallest absolute Gasteiger partial charge is 0.191 e. The summed E-state index contributed by atoms with van der Waals surface area (Å²) in [4.78, 5) is 4.63. The molecule has 0 spiro atoms. The minimum absolute atomic E-state index is 0.0137. The van der Waals surface area contributed by atoms with Gasteiger partial charge in [-0.05, 0) is 50.8 Å². The number of hydrogen-bond acceptors (Lipinski definition) is 2. The van der Waals surface area contributed by atoms with Gasteiger partial charge in [-0.1, -0.05) is 23.8 Å². The predicted molar refractivity (Wildman–Crippen MR) is 96.8 cm³/mol. The second-order valence-electron chi connectivity index (χ2n) is 6.07. The zero-order valence-corrected chi connectivity index (χ0v) is 14.9. The summed E-state index contributed by atoms with van der Waals surface area (Å²) < 4.78 is 19.1. The summed E-state index contributed by atoms with van der Waals surface area (Å²) in [6, 6.07) is 5.33. The lowest BCUT2D eigenvalue weighted by Crippen LogP contribution is -2.38. The highest BCUT2D eigenvalue weighted by atomic mass is 19.1. The van der Waals surface area contributed by atoms with Crippen molar-refractivity contribution in [3.8, 4) is 0 Å². The molecule has 0 saturated heterocycles. The van der Waals surface area contributed by atoms with E-state index < -0.39 is 0 Å². The van der Waals surface area contributed by atoms with Crippen LogP contribution < -0.4 is 10.6 Å². The van der Waals surface area contributed by atoms with Crippen molar-refractivity contribution in [2.75, 3.05) is 26.3 Å². The molecule has 132 valence electrons. The van der Waals surface area contributed by atoms with Gasteiger partial charge < -0.3 is 15.4 Å². The van der Waals surface area contributed by atoms with Crippen molar-refractivity contribution in [1.82, 2.24) is 10.6 Å². The molecule has 4 nitrogen and oxygen atoms in total. The number of aryl methyl sites for hydroxylation is 1. The van der Waals surface area contributed by atoms with Crippen LogP contribution in [0.5, 0.6) is 0 Å². The van der Waals surface area contributed by atoms with Crippen LogP contribution in [0.4, 0.5) is 4.39 Å². The fraction of sp³-hybridized carbons (Fsp3) is 0.526. The first-order chi connectivity index (χ1) is 11.6. The van der Waals surface area contributed by atoms with Gasteiger partial charge in [0.2, 0.25) is 0 Å². The molecule has 0 bridgehead atoms. The molecule has 1 atom stereocenters. The minimum atomic E-state index is -0.172. The summed E-state index contributed by atoms with van der Waals surface area (Å²) in [6.07, 6.45) is 4.10. The Morgan fingerprint density at radius 1 is 1.42 bits per heavy atom. The zero-order chi connectivity index (χ0) is 17.4. The topological polar surface area (TPSA) is 45.7 Å². The van der Waals surface area contributed by atoms with Gasteiger partial charge in [0.25, 0.3) is 0 Å². The van der Waals surface area contributed by atoms with Crippen LogP contribution in [-0.2, 0) is 4.74 Å². The molecule has 2 rings (SSSR count). The van der Waals surface area contributed by atoms with Gasteiger partial charge in [-0.25, -0.2) is 4.39 Å². The summed E-state index contributed by atoms with van der Waals surface area (Å²) in [5, 5.41) is 6.59. The van der Waals surface area contributed by atoms with Crippen molar-refractivity contribution in [3.05, 3.63) is 46.8 Å². The number of ether oxygens (including phenoxy) is 1. The number of rotatable bonds is 6. The number of aliphatic imine (C=N–C) groups is 1. The maximum atomic E-state index is 13.7. The predicted octanol–water partition coefficient (Wildman–Crippen LogP) is 3.49. The molecule has 1 aromatic carbocycles. The Labute approximate surface area is 144 Å². The van der Waals surface area contributed by atoms with Crippen molar-refractivity contribution in [2.24, 2.45) is 4.99 Å². The van der Waals surface area contributed by atoms with Gasteiger partial charge in [0.05, 0.1) is 19.3 Å². The van der Waals surface area contributed by atoms with Crippen LogP contribution in [0.1, 0.15) is 43.9 Å². The maximum absolute atomic E-state index is 13.7. The second kappa shape index (κ2) is 9.42. The first-order valence-electron chi connectivity index (χ1n) is 8.66. The molecule has 1 aliphatic heterocycles. The molecule has 5 heteroatoms. The summed E-state index contributed by atoms with van der Waals surface area (Å²) >= 11 is 0. The SMILES string of the molecule is CCNC(=NCCC1=CCOCC1)NC(C)c1ccc(C)c(F)c1. The molecular weight excluding hydrogens is 305 g/mol. The first kappa shape index (κ1) is 18.5. The van der Waals surface area contributed by atoms with E-state index in [-0.39, 0.29) is 11.9 Å². The third kappa shape index (κ3) is 5.64. The molecule has 0 aromatic heterocycles. The lowest BCUT2D eigenvalue weighted by atomic mass is 10.1. The summed E-state index contributed by atoms with van der Waals surface area (Å²) in [5.41, 5.74) is 2.99. The Morgan fingerprint density at radius 2 is 2.25 bits per heavy atom. The number of nitrogens with one attached hydrogen (secondary N) is 2. The van der Waals surface area contributed by atoms with Crippen LogP contribution in [-0.4, -0.2) is 32.3 Å². The van der Waals surface area contributed by atoms with E-state index in [1.807, 2.05) is 26.0 Å². The van der Waals surface area contributed by atoms with Crippen molar-refractivity contribution in [3.63, 3.8) is 0 Å². The number of guanidine groups is 1. The average Bonchev–Trinajstić information content (AvgIpc) is 2.58. The first-order valence-corrected chi connectivity index (χ1v) is 8.66. The molecule has 0 fully saturated rings. The molecule has 0 amide bonds. The number of halogens is 1. The third-order valence-electron chi connectivity index (χ3n) is 4.15. The van der Waals surface area contributed by atoms with Crippen LogP contribution >= 0.6 is 0 Å². The van der Waals surface area contributed by atoms with Gasteiger partial charge in [-0.15, -0.1) is 0 Å². The molecule has 1 aliphatic rings. The molecule has 24 heavy (non-hydrogen) atoms. The van der Waals surface area contributed by atoms with E-state index >= 15 is 0 Å². The number of benzene rings is 1. The Morgan fingerprint density at radius 3 is 2.92 bits per heavy atom. The zero-order valence-electron chi connectivity index (χ0n) is 14.9. The van der Waals surface area contributed by atoms with Crippen LogP contribution in [0.2, 0.25) is 0 Å². The number of nitrogens with zero attached hydrogens (tertiary/aromatic N) is 1. The molecule has 0 aliphatic carbocycles. The fourth-order valence-electron chi connectivity index (χ4n) is 2.59. The Bertz CT molecular complexity index is 598. The summed E-state index contributed by atoms with van der Waals surface area (Å²) in [5.74, 6) is 0.591. The maximum Gasteiger partial charge on any atom is 0.191 e. The fourth-order valence-corrected chi connectivity index (χ4v) is 2.59. The van der Waals surface area contributed by atoms with Crippen LogP contribution in [0.15, 0.2) is 34.8 Å². The second-order valence-corrected chi connectivity index (χ2v) is 6.07. The van der Waals surface area contributed by atoms with Crippen LogP contribution in [0, 0.1) is 12.7 Å². The minimum Gasteiger partial charge on any atom is -0.377 e. The highest BCUT2D eigenvalue weighted by molar-refractivity contribution is 5.80. The van der Waals surface area contributed by atoms with E-state index in [2.05, 4.69) is 21.7 Å².